The third kappa shape index (κ3) is 17.4. The number of nitrogens with zero attached hydrogens (tertiary/aromatic N) is 6. The van der Waals surface area contributed by atoms with Crippen LogP contribution in [-0.2, 0) is 44.1 Å². The summed E-state index contributed by atoms with van der Waals surface area (Å²) >= 11 is 0. The number of hydrogen-bond donors (Lipinski definition) is 2. The molecule has 0 fully saturated rings. The van der Waals surface area contributed by atoms with Gasteiger partial charge in [-0.15, -0.1) is 0 Å². The van der Waals surface area contributed by atoms with Crippen LogP contribution in [0.4, 0.5) is 0 Å². The number of pyridine rings is 4. The quantitative estimate of drug-likeness (QED) is 0.0707. The van der Waals surface area contributed by atoms with Crippen LogP contribution in [0.25, 0.3) is 135 Å². The monoisotopic (exact) mass is 1610 g/mol. The van der Waals surface area contributed by atoms with Gasteiger partial charge in [-0.25, -0.2) is 9.97 Å². The van der Waals surface area contributed by atoms with Crippen LogP contribution in [0.3, 0.4) is 0 Å². The molecule has 2 aliphatic rings. The molecule has 0 saturated heterocycles. The number of rotatable bonds is 20. The van der Waals surface area contributed by atoms with Crippen LogP contribution < -0.4 is 0 Å². The maximum Gasteiger partial charge on any atom is 0.192 e. The average molecular weight is 1610 g/mol. The largest absolute Gasteiger partial charge is 0.411 e. The van der Waals surface area contributed by atoms with Crippen molar-refractivity contribution in [1.29, 1.82) is 0 Å². The van der Waals surface area contributed by atoms with Gasteiger partial charge < -0.3 is 27.7 Å². The highest BCUT2D eigenvalue weighted by Gasteiger charge is 2.41. The van der Waals surface area contributed by atoms with Gasteiger partial charge in [0.2, 0.25) is 0 Å². The van der Waals surface area contributed by atoms with Crippen LogP contribution in [0.5, 0.6) is 0 Å². The fourth-order valence-corrected chi connectivity index (χ4v) is 18.7. The summed E-state index contributed by atoms with van der Waals surface area (Å²) in [5, 5.41) is 0.377. The molecule has 0 saturated carbocycles. The molecule has 0 amide bonds. The van der Waals surface area contributed by atoms with Crippen molar-refractivity contribution in [1.82, 2.24) is 39.9 Å². The Kier molecular flexibility index (Phi) is 23.3. The molecule has 8 bridgehead atoms. The van der Waals surface area contributed by atoms with E-state index in [9.17, 15) is 0 Å². The number of aromatic nitrogens is 8. The van der Waals surface area contributed by atoms with Gasteiger partial charge >= 0.3 is 0 Å². The van der Waals surface area contributed by atoms with Crippen LogP contribution in [0.2, 0.25) is 72.5 Å². The Morgan fingerprint density at radius 2 is 0.431 bits per heavy atom. The van der Waals surface area contributed by atoms with Crippen LogP contribution in [0.1, 0.15) is 173 Å². The van der Waals surface area contributed by atoms with E-state index in [4.69, 9.17) is 47.6 Å². The molecule has 16 heteroatoms. The summed E-state index contributed by atoms with van der Waals surface area (Å²) in [6.07, 6.45) is 16.9. The molecule has 602 valence electrons. The van der Waals surface area contributed by atoms with Crippen molar-refractivity contribution in [3.63, 3.8) is 0 Å². The first-order chi connectivity index (χ1) is 54.3. The fraction of sp³-hybridized carbons (Fsp3) is 0.360. The van der Waals surface area contributed by atoms with Crippen molar-refractivity contribution in [3.8, 4) is 89.0 Å². The molecule has 0 atom stereocenters. The second-order valence-electron chi connectivity index (χ2n) is 38.8. The highest BCUT2D eigenvalue weighted by Crippen LogP contribution is 2.48. The number of nitrogens with one attached hydrogen (secondary N) is 2. The number of fused-ring (bicyclic) bond motifs is 8. The zero-order chi connectivity index (χ0) is 83.9. The highest BCUT2D eigenvalue weighted by molar-refractivity contribution is 6.75. The Morgan fingerprint density at radius 1 is 0.250 bits per heavy atom. The van der Waals surface area contributed by atoms with E-state index in [2.05, 4.69) is 346 Å². The van der Waals surface area contributed by atoms with Crippen LogP contribution >= 0.6 is 0 Å². The minimum absolute atomic E-state index is 0.0944. The molecule has 7 aromatic heterocycles. The van der Waals surface area contributed by atoms with Gasteiger partial charge in [0.15, 0.2) is 33.3 Å². The lowest BCUT2D eigenvalue weighted by Gasteiger charge is -2.36. The Labute approximate surface area is 695 Å². The molecular formula is C100H122N8O4Si4. The zero-order valence-electron chi connectivity index (χ0n) is 74.3. The number of H-pyrrole nitrogens is 2. The summed E-state index contributed by atoms with van der Waals surface area (Å²) in [6, 6.07) is 44.7. The molecule has 2 aliphatic heterocycles. The van der Waals surface area contributed by atoms with Gasteiger partial charge in [-0.1, -0.05) is 156 Å². The molecule has 12 nitrogen and oxygen atoms in total. The summed E-state index contributed by atoms with van der Waals surface area (Å²) in [5.41, 5.74) is 36.6. The molecule has 11 aromatic rings. The number of aryl methyl sites for hydroxylation is 8. The summed E-state index contributed by atoms with van der Waals surface area (Å²) < 4.78 is 26.6. The van der Waals surface area contributed by atoms with E-state index in [1.165, 1.54) is 0 Å². The molecule has 9 heterocycles. The number of aromatic amines is 2. The van der Waals surface area contributed by atoms with Gasteiger partial charge in [0.25, 0.3) is 0 Å². The molecule has 0 aliphatic carbocycles. The standard InChI is InChI=1S/C100H122N8O4Si4/c1-61-45-73(69-29-33-77(101-53-69)57-109-113(21,22)97(9,10)11)46-62(2)89(61)93-81-37-39-83(105-81)94(90-63(3)47-74(48-64(90)4)70-30-34-78(102-54-70)58-110-114(23,24)98(12,13)14)85-41-43-87(107-85)96(92-67(7)51-76(52-68(92)8)72-32-36-80(104-56-72)60-112-116(27,28)100(18,19)20)88-44-42-86(108-88)95(84-40-38-82(93)106-84)91-65(5)49-75(50-66(91)6)71-31-35-79(103-55-71)59-111-115(25,26)99(15,16)17/h29-56,105,108H,57-60H2,1-28H3. The first-order valence-electron chi connectivity index (χ1n) is 41.3. The van der Waals surface area contributed by atoms with Crippen LogP contribution in [-0.4, -0.2) is 73.1 Å². The van der Waals surface area contributed by atoms with E-state index >= 15 is 0 Å². The third-order valence-corrected chi connectivity index (χ3v) is 44.0. The topological polar surface area (TPSA) is 146 Å². The predicted octanol–water partition coefficient (Wildman–Crippen LogP) is 28.1. The van der Waals surface area contributed by atoms with Crippen molar-refractivity contribution >= 4 is 79.6 Å². The van der Waals surface area contributed by atoms with Gasteiger partial charge in [-0.2, -0.15) is 0 Å². The SMILES string of the molecule is Cc1cc(-c2ccc(CO[Si](C)(C)C(C)(C)C)nc2)cc(C)c1-c1c2nc(c(-c3c(C)cc(-c4ccc(CO[Si](C)(C)C(C)(C)C)nc4)cc3C)c3ccc([nH]3)c(-c3c(C)cc(-c4ccc(CO[Si](C)(C)C(C)(C)C)nc4)cc3C)c3nc(c(-c4c(C)cc(-c5ccc(CO[Si](C)(C)C(C)(C)C)nc5)cc4C)c4ccc1[nH]4)C=C3)C=C2. The first-order valence-corrected chi connectivity index (χ1v) is 52.9. The van der Waals surface area contributed by atoms with E-state index < -0.39 is 33.3 Å². The minimum atomic E-state index is -1.99. The average Bonchev–Trinajstić information content (AvgIpc) is 1.58. The lowest BCUT2D eigenvalue weighted by Crippen LogP contribution is -2.40. The van der Waals surface area contributed by atoms with Gasteiger partial charge in [-0.05, 0) is 290 Å². The lowest BCUT2D eigenvalue weighted by molar-refractivity contribution is 0.272. The van der Waals surface area contributed by atoms with Gasteiger partial charge in [0.1, 0.15) is 0 Å². The van der Waals surface area contributed by atoms with E-state index in [0.717, 1.165) is 201 Å². The molecular weight excluding hydrogens is 1490 g/mol. The molecule has 0 unspecified atom stereocenters. The second kappa shape index (κ2) is 31.9. The number of benzene rings is 4. The summed E-state index contributed by atoms with van der Waals surface area (Å²) in [7, 11) is -7.97. The maximum atomic E-state index is 6.64. The summed E-state index contributed by atoms with van der Waals surface area (Å²) in [5.74, 6) is 0. The molecule has 2 N–H and O–H groups in total. The third-order valence-electron chi connectivity index (χ3n) is 26.1. The summed E-state index contributed by atoms with van der Waals surface area (Å²) in [6.45, 7) is 65.5. The normalized spacial score (nSPS) is 13.2. The lowest BCUT2D eigenvalue weighted by atomic mass is 9.90. The van der Waals surface area contributed by atoms with Gasteiger partial charge in [0.05, 0.1) is 72.0 Å². The Balaban J connectivity index is 1.03. The Morgan fingerprint density at radius 3 is 0.586 bits per heavy atom. The van der Waals surface area contributed by atoms with E-state index in [-0.39, 0.29) is 20.2 Å². The van der Waals surface area contributed by atoms with E-state index in [1.54, 1.807) is 0 Å². The highest BCUT2D eigenvalue weighted by atomic mass is 28.4. The summed E-state index contributed by atoms with van der Waals surface area (Å²) in [4.78, 5) is 40.2. The molecule has 0 spiro atoms. The molecule has 116 heavy (non-hydrogen) atoms. The molecule has 13 rings (SSSR count). The van der Waals surface area contributed by atoms with Gasteiger partial charge in [-0.3, -0.25) is 19.9 Å². The second-order valence-corrected chi connectivity index (χ2v) is 58.0. The molecule has 0 radical (unpaired) electrons. The number of hydrogen-bond acceptors (Lipinski definition) is 10. The zero-order valence-corrected chi connectivity index (χ0v) is 78.3. The van der Waals surface area contributed by atoms with E-state index in [0.29, 0.717) is 26.4 Å². The predicted molar refractivity (Wildman–Crippen MR) is 499 cm³/mol. The van der Waals surface area contributed by atoms with Crippen molar-refractivity contribution in [2.75, 3.05) is 0 Å². The Bertz CT molecular complexity index is 5040. The van der Waals surface area contributed by atoms with Crippen molar-refractivity contribution in [2.45, 2.75) is 237 Å². The van der Waals surface area contributed by atoms with Crippen molar-refractivity contribution in [2.24, 2.45) is 0 Å². The first kappa shape index (κ1) is 84.7. The van der Waals surface area contributed by atoms with Crippen molar-refractivity contribution in [3.05, 3.63) is 236 Å². The smallest absolute Gasteiger partial charge is 0.192 e. The van der Waals surface area contributed by atoms with E-state index in [1.807, 2.05) is 24.8 Å². The fourth-order valence-electron chi connectivity index (χ4n) is 15.0. The Hall–Kier alpha value is -9.21. The maximum absolute atomic E-state index is 6.64. The van der Waals surface area contributed by atoms with Gasteiger partial charge in [0, 0.05) is 91.4 Å². The minimum Gasteiger partial charge on any atom is -0.411 e. The van der Waals surface area contributed by atoms with Crippen LogP contribution in [0, 0.1) is 55.4 Å². The van der Waals surface area contributed by atoms with Crippen molar-refractivity contribution < 1.29 is 17.7 Å². The molecule has 4 aromatic carbocycles. The van der Waals surface area contributed by atoms with Crippen LogP contribution in [0.15, 0.2) is 146 Å².